The number of phenolic OH excluding ortho intramolecular Hbond substituents is 1. The predicted molar refractivity (Wildman–Crippen MR) is 51.2 cm³/mol. The van der Waals surface area contributed by atoms with Crippen molar-refractivity contribution in [3.8, 4) is 5.75 Å². The van der Waals surface area contributed by atoms with Crippen LogP contribution in [0, 0.1) is 0 Å². The summed E-state index contributed by atoms with van der Waals surface area (Å²) >= 11 is 0. The molecule has 0 spiro atoms. The fraction of sp³-hybridized carbons (Fsp3) is 0.250. The first-order chi connectivity index (χ1) is 6.02. The number of phenols is 1. The molecule has 1 aromatic carbocycles. The minimum absolute atomic E-state index is 0.0305. The van der Waals surface area contributed by atoms with E-state index in [0.717, 1.165) is 0 Å². The summed E-state index contributed by atoms with van der Waals surface area (Å²) in [5.41, 5.74) is 6.20. The van der Waals surface area contributed by atoms with Crippen LogP contribution < -0.4 is 5.73 Å². The van der Waals surface area contributed by atoms with Gasteiger partial charge in [0, 0.05) is 0 Å². The van der Waals surface area contributed by atoms with Gasteiger partial charge in [-0.15, -0.1) is 0 Å². The van der Waals surface area contributed by atoms with Crippen LogP contribution in [0.4, 0.5) is 5.69 Å². The molecule has 1 unspecified atom stereocenters. The van der Waals surface area contributed by atoms with Gasteiger partial charge in [-0.25, -0.2) is 8.42 Å². The van der Waals surface area contributed by atoms with Gasteiger partial charge >= 0.3 is 0 Å². The minimum atomic E-state index is -2.50. The molecule has 72 valence electrons. The van der Waals surface area contributed by atoms with E-state index in [0.29, 0.717) is 5.56 Å². The van der Waals surface area contributed by atoms with Crippen LogP contribution in [0.2, 0.25) is 0 Å². The van der Waals surface area contributed by atoms with Crippen LogP contribution in [-0.2, 0) is 10.7 Å². The predicted octanol–water partition coefficient (Wildman–Crippen LogP) is 0.647. The molecule has 5 heteroatoms. The maximum Gasteiger partial charge on any atom is 0.146 e. The molecule has 13 heavy (non-hydrogen) atoms. The first kappa shape index (κ1) is 9.85. The number of anilines is 1. The van der Waals surface area contributed by atoms with Gasteiger partial charge in [0.15, 0.2) is 0 Å². The number of benzene rings is 1. The zero-order chi connectivity index (χ0) is 10.0. The quantitative estimate of drug-likeness (QED) is 0.373. The standard InChI is InChI=1S/C8H11NO3S/c1-5(13(11)12)6-2-3-8(10)7(9)4-6/h2-5,10,13H,9H2,1H3. The summed E-state index contributed by atoms with van der Waals surface area (Å²) in [5, 5.41) is 8.52. The fourth-order valence-electron chi connectivity index (χ4n) is 0.955. The lowest BCUT2D eigenvalue weighted by atomic mass is 10.1. The Hall–Kier alpha value is -1.23. The Morgan fingerprint density at radius 3 is 2.54 bits per heavy atom. The van der Waals surface area contributed by atoms with E-state index in [1.807, 2.05) is 0 Å². The number of thiol groups is 1. The monoisotopic (exact) mass is 201 g/mol. The molecule has 0 amide bonds. The van der Waals surface area contributed by atoms with Gasteiger partial charge in [-0.1, -0.05) is 6.07 Å². The third-order valence-corrected chi connectivity index (χ3v) is 2.78. The molecule has 4 nitrogen and oxygen atoms in total. The lowest BCUT2D eigenvalue weighted by Gasteiger charge is -2.05. The molecule has 3 N–H and O–H groups in total. The molecule has 0 fully saturated rings. The van der Waals surface area contributed by atoms with Crippen LogP contribution in [-0.4, -0.2) is 13.5 Å². The van der Waals surface area contributed by atoms with E-state index in [-0.39, 0.29) is 11.4 Å². The van der Waals surface area contributed by atoms with Crippen LogP contribution in [0.15, 0.2) is 18.2 Å². The van der Waals surface area contributed by atoms with Crippen LogP contribution in [0.1, 0.15) is 17.7 Å². The van der Waals surface area contributed by atoms with Crippen molar-refractivity contribution in [1.82, 2.24) is 0 Å². The molecule has 1 atom stereocenters. The third kappa shape index (κ3) is 2.12. The second-order valence-electron chi connectivity index (χ2n) is 2.78. The maximum absolute atomic E-state index is 10.6. The van der Waals surface area contributed by atoms with Crippen molar-refractivity contribution in [2.24, 2.45) is 0 Å². The second kappa shape index (κ2) is 3.66. The average molecular weight is 201 g/mol. The van der Waals surface area contributed by atoms with Gasteiger partial charge in [0.25, 0.3) is 0 Å². The number of hydrogen-bond donors (Lipinski definition) is 3. The third-order valence-electron chi connectivity index (χ3n) is 1.85. The SMILES string of the molecule is CC(c1ccc(O)c(N)c1)[SH](=O)=O. The van der Waals surface area contributed by atoms with Gasteiger partial charge in [0.1, 0.15) is 16.5 Å². The summed E-state index contributed by atoms with van der Waals surface area (Å²) in [6.07, 6.45) is 0. The molecular formula is C8H11NO3S. The van der Waals surface area contributed by atoms with Crippen molar-refractivity contribution in [2.45, 2.75) is 12.2 Å². The van der Waals surface area contributed by atoms with E-state index in [4.69, 9.17) is 10.8 Å². The minimum Gasteiger partial charge on any atom is -0.506 e. The summed E-state index contributed by atoms with van der Waals surface area (Å²) in [4.78, 5) is 0. The number of nitrogen functional groups attached to an aromatic ring is 1. The first-order valence-corrected chi connectivity index (χ1v) is 4.99. The lowest BCUT2D eigenvalue weighted by Crippen LogP contribution is -1.96. The normalized spacial score (nSPS) is 13.1. The highest BCUT2D eigenvalue weighted by molar-refractivity contribution is 7.72. The Balaban J connectivity index is 3.10. The van der Waals surface area contributed by atoms with Gasteiger partial charge in [-0.3, -0.25) is 0 Å². The molecule has 0 aliphatic carbocycles. The van der Waals surface area contributed by atoms with E-state index >= 15 is 0 Å². The number of hydrogen-bond acceptors (Lipinski definition) is 4. The smallest absolute Gasteiger partial charge is 0.146 e. The Labute approximate surface area is 78.0 Å². The van der Waals surface area contributed by atoms with Gasteiger partial charge < -0.3 is 10.8 Å². The van der Waals surface area contributed by atoms with E-state index < -0.39 is 16.0 Å². The molecule has 0 aliphatic heterocycles. The van der Waals surface area contributed by atoms with Crippen molar-refractivity contribution in [1.29, 1.82) is 0 Å². The molecule has 0 radical (unpaired) electrons. The summed E-state index contributed by atoms with van der Waals surface area (Å²) in [6, 6.07) is 4.40. The average Bonchev–Trinajstić information content (AvgIpc) is 2.08. The summed E-state index contributed by atoms with van der Waals surface area (Å²) in [7, 11) is -2.50. The number of nitrogens with two attached hydrogens (primary N) is 1. The van der Waals surface area contributed by atoms with Crippen molar-refractivity contribution in [3.63, 3.8) is 0 Å². The highest BCUT2D eigenvalue weighted by Crippen LogP contribution is 2.25. The van der Waals surface area contributed by atoms with Gasteiger partial charge in [0.2, 0.25) is 0 Å². The summed E-state index contributed by atoms with van der Waals surface area (Å²) < 4.78 is 21.3. The molecular weight excluding hydrogens is 190 g/mol. The Bertz CT molecular complexity index is 379. The Morgan fingerprint density at radius 1 is 1.46 bits per heavy atom. The molecule has 1 aromatic rings. The van der Waals surface area contributed by atoms with E-state index in [9.17, 15) is 8.42 Å². The highest BCUT2D eigenvalue weighted by atomic mass is 32.2. The zero-order valence-electron chi connectivity index (χ0n) is 7.10. The number of aromatic hydroxyl groups is 1. The zero-order valence-corrected chi connectivity index (χ0v) is 7.99. The summed E-state index contributed by atoms with van der Waals surface area (Å²) in [6.45, 7) is 1.57. The van der Waals surface area contributed by atoms with Crippen LogP contribution in [0.3, 0.4) is 0 Å². The first-order valence-electron chi connectivity index (χ1n) is 3.74. The maximum atomic E-state index is 10.6. The molecule has 0 saturated carbocycles. The number of rotatable bonds is 2. The van der Waals surface area contributed by atoms with E-state index in [1.165, 1.54) is 12.1 Å². The fourth-order valence-corrected chi connectivity index (χ4v) is 1.36. The lowest BCUT2D eigenvalue weighted by molar-refractivity contribution is 0.477. The van der Waals surface area contributed by atoms with Crippen molar-refractivity contribution < 1.29 is 13.5 Å². The van der Waals surface area contributed by atoms with Gasteiger partial charge in [-0.2, -0.15) is 0 Å². The van der Waals surface area contributed by atoms with Crippen LogP contribution >= 0.6 is 0 Å². The molecule has 0 aromatic heterocycles. The molecule has 1 rings (SSSR count). The van der Waals surface area contributed by atoms with Crippen molar-refractivity contribution in [3.05, 3.63) is 23.8 Å². The van der Waals surface area contributed by atoms with E-state index in [2.05, 4.69) is 0 Å². The Kier molecular flexibility index (Phi) is 2.77. The molecule has 0 heterocycles. The Morgan fingerprint density at radius 2 is 2.08 bits per heavy atom. The molecule has 0 aliphatic rings. The molecule has 0 bridgehead atoms. The van der Waals surface area contributed by atoms with Crippen molar-refractivity contribution in [2.75, 3.05) is 5.73 Å². The van der Waals surface area contributed by atoms with Gasteiger partial charge in [-0.05, 0) is 24.6 Å². The highest BCUT2D eigenvalue weighted by Gasteiger charge is 2.08. The van der Waals surface area contributed by atoms with Crippen molar-refractivity contribution >= 4 is 16.4 Å². The van der Waals surface area contributed by atoms with Crippen LogP contribution in [0.25, 0.3) is 0 Å². The molecule has 0 saturated heterocycles. The largest absolute Gasteiger partial charge is 0.506 e. The van der Waals surface area contributed by atoms with Crippen LogP contribution in [0.5, 0.6) is 5.75 Å². The second-order valence-corrected chi connectivity index (χ2v) is 4.12. The van der Waals surface area contributed by atoms with Gasteiger partial charge in [0.05, 0.1) is 10.9 Å². The van der Waals surface area contributed by atoms with E-state index in [1.54, 1.807) is 13.0 Å². The topological polar surface area (TPSA) is 80.4 Å². The summed E-state index contributed by atoms with van der Waals surface area (Å²) in [5.74, 6) is -0.0305.